The van der Waals surface area contributed by atoms with Gasteiger partial charge >= 0.3 is 0 Å². The molecule has 0 radical (unpaired) electrons. The lowest BCUT2D eigenvalue weighted by Gasteiger charge is -2.09. The Balaban J connectivity index is 1.27. The second kappa shape index (κ2) is 10.00. The van der Waals surface area contributed by atoms with Gasteiger partial charge in [0, 0.05) is 50.0 Å². The maximum Gasteiger partial charge on any atom is 0.164 e. The highest BCUT2D eigenvalue weighted by Crippen LogP contribution is 2.40. The van der Waals surface area contributed by atoms with E-state index in [2.05, 4.69) is 84.3 Å². The molecule has 45 heavy (non-hydrogen) atoms. The Morgan fingerprint density at radius 1 is 0.467 bits per heavy atom. The van der Waals surface area contributed by atoms with Gasteiger partial charge in [-0.05, 0) is 48.9 Å². The predicted octanol–water partition coefficient (Wildman–Crippen LogP) is 10.2. The van der Waals surface area contributed by atoms with Crippen LogP contribution in [0.3, 0.4) is 0 Å². The van der Waals surface area contributed by atoms with Crippen molar-refractivity contribution in [3.63, 3.8) is 0 Å². The van der Waals surface area contributed by atoms with Gasteiger partial charge in [0.2, 0.25) is 0 Å². The van der Waals surface area contributed by atoms with Crippen LogP contribution >= 0.6 is 0 Å². The average Bonchev–Trinajstić information content (AvgIpc) is 3.63. The highest BCUT2D eigenvalue weighted by atomic mass is 16.3. The molecule has 9 rings (SSSR count). The maximum absolute atomic E-state index is 6.64. The minimum atomic E-state index is 0.611. The Morgan fingerprint density at radius 2 is 1.04 bits per heavy atom. The van der Waals surface area contributed by atoms with Gasteiger partial charge in [-0.3, -0.25) is 0 Å². The Kier molecular flexibility index (Phi) is 5.65. The fourth-order valence-corrected chi connectivity index (χ4v) is 6.50. The number of para-hydroxylation sites is 2. The van der Waals surface area contributed by atoms with Crippen molar-refractivity contribution in [2.24, 2.45) is 0 Å². The van der Waals surface area contributed by atoms with E-state index >= 15 is 0 Å². The summed E-state index contributed by atoms with van der Waals surface area (Å²) in [5, 5.41) is 4.62. The Bertz CT molecular complexity index is 2470. The second-order valence-electron chi connectivity index (χ2n) is 11.4. The first-order chi connectivity index (χ1) is 22.2. The zero-order valence-corrected chi connectivity index (χ0v) is 24.5. The van der Waals surface area contributed by atoms with Crippen LogP contribution in [0.25, 0.3) is 83.6 Å². The molecule has 0 unspecified atom stereocenters. The number of benzene rings is 6. The standard InChI is InChI=1S/C40H26N4O/c1-25-21-28(40-42-38(26-13-5-2-6-14-26)41-39(43-40)27-15-7-3-8-16-27)22-36-37(25)32-23-31-30-19-11-12-20-33(30)44(29-17-9-4-10-18-29)34(31)24-35(32)45-36/h2-24H,1H3. The van der Waals surface area contributed by atoms with E-state index in [9.17, 15) is 0 Å². The summed E-state index contributed by atoms with van der Waals surface area (Å²) >= 11 is 0. The first-order valence-electron chi connectivity index (χ1n) is 15.0. The highest BCUT2D eigenvalue weighted by molar-refractivity contribution is 6.18. The molecule has 0 saturated heterocycles. The third-order valence-corrected chi connectivity index (χ3v) is 8.53. The molecule has 5 heteroatoms. The van der Waals surface area contributed by atoms with Gasteiger partial charge in [-0.2, -0.15) is 0 Å². The fraction of sp³-hybridized carbons (Fsp3) is 0.0250. The van der Waals surface area contributed by atoms with Gasteiger partial charge in [0.05, 0.1) is 11.0 Å². The summed E-state index contributed by atoms with van der Waals surface area (Å²) in [7, 11) is 0. The minimum Gasteiger partial charge on any atom is -0.456 e. The number of hydrogen-bond acceptors (Lipinski definition) is 4. The molecule has 0 aliphatic carbocycles. The zero-order chi connectivity index (χ0) is 29.9. The molecular formula is C40H26N4O. The number of hydrogen-bond donors (Lipinski definition) is 0. The van der Waals surface area contributed by atoms with E-state index in [1.54, 1.807) is 0 Å². The van der Waals surface area contributed by atoms with Crippen molar-refractivity contribution < 1.29 is 4.42 Å². The topological polar surface area (TPSA) is 56.7 Å². The third-order valence-electron chi connectivity index (χ3n) is 8.53. The van der Waals surface area contributed by atoms with Crippen molar-refractivity contribution in [3.05, 3.63) is 145 Å². The predicted molar refractivity (Wildman–Crippen MR) is 182 cm³/mol. The number of nitrogens with zero attached hydrogens (tertiary/aromatic N) is 4. The lowest BCUT2D eigenvalue weighted by Crippen LogP contribution is -2.00. The van der Waals surface area contributed by atoms with E-state index in [0.717, 1.165) is 55.4 Å². The molecular weight excluding hydrogens is 552 g/mol. The summed E-state index contributed by atoms with van der Waals surface area (Å²) in [4.78, 5) is 14.8. The molecule has 0 N–H and O–H groups in total. The quantitative estimate of drug-likeness (QED) is 0.208. The summed E-state index contributed by atoms with van der Waals surface area (Å²) in [6.45, 7) is 2.13. The average molecular weight is 579 g/mol. The largest absolute Gasteiger partial charge is 0.456 e. The summed E-state index contributed by atoms with van der Waals surface area (Å²) in [5.74, 6) is 1.88. The molecule has 5 nitrogen and oxygen atoms in total. The summed E-state index contributed by atoms with van der Waals surface area (Å²) < 4.78 is 8.95. The molecule has 3 aromatic heterocycles. The van der Waals surface area contributed by atoms with E-state index in [0.29, 0.717) is 17.5 Å². The molecule has 3 heterocycles. The van der Waals surface area contributed by atoms with Gasteiger partial charge in [0.15, 0.2) is 17.5 Å². The Morgan fingerprint density at radius 3 is 1.71 bits per heavy atom. The van der Waals surface area contributed by atoms with Crippen molar-refractivity contribution in [1.29, 1.82) is 0 Å². The van der Waals surface area contributed by atoms with Crippen LogP contribution in [-0.4, -0.2) is 19.5 Å². The van der Waals surface area contributed by atoms with Crippen LogP contribution in [0.1, 0.15) is 5.56 Å². The van der Waals surface area contributed by atoms with E-state index in [-0.39, 0.29) is 0 Å². The van der Waals surface area contributed by atoms with Crippen molar-refractivity contribution in [1.82, 2.24) is 19.5 Å². The molecule has 0 amide bonds. The first-order valence-corrected chi connectivity index (χ1v) is 15.0. The van der Waals surface area contributed by atoms with Gasteiger partial charge in [0.25, 0.3) is 0 Å². The lowest BCUT2D eigenvalue weighted by molar-refractivity contribution is 0.669. The molecule has 6 aromatic carbocycles. The van der Waals surface area contributed by atoms with Crippen LogP contribution in [0.2, 0.25) is 0 Å². The van der Waals surface area contributed by atoms with Crippen LogP contribution in [0, 0.1) is 6.92 Å². The van der Waals surface area contributed by atoms with E-state index < -0.39 is 0 Å². The first kappa shape index (κ1) is 25.4. The normalized spacial score (nSPS) is 11.7. The molecule has 0 aliphatic heterocycles. The van der Waals surface area contributed by atoms with Gasteiger partial charge in [-0.25, -0.2) is 15.0 Å². The highest BCUT2D eigenvalue weighted by Gasteiger charge is 2.19. The molecule has 9 aromatic rings. The Labute approximate surface area is 259 Å². The van der Waals surface area contributed by atoms with Crippen LogP contribution in [0.5, 0.6) is 0 Å². The van der Waals surface area contributed by atoms with E-state index in [4.69, 9.17) is 19.4 Å². The van der Waals surface area contributed by atoms with Crippen LogP contribution < -0.4 is 0 Å². The van der Waals surface area contributed by atoms with Gasteiger partial charge in [0.1, 0.15) is 11.2 Å². The van der Waals surface area contributed by atoms with Gasteiger partial charge in [-0.1, -0.05) is 97.1 Å². The SMILES string of the molecule is Cc1cc(-c2nc(-c3ccccc3)nc(-c3ccccc3)n2)cc2oc3cc4c(cc3c12)c1ccccc1n4-c1ccccc1. The van der Waals surface area contributed by atoms with Gasteiger partial charge in [-0.15, -0.1) is 0 Å². The van der Waals surface area contributed by atoms with Crippen LogP contribution in [0.4, 0.5) is 0 Å². The molecule has 0 fully saturated rings. The number of rotatable bonds is 4. The van der Waals surface area contributed by atoms with Crippen molar-refractivity contribution in [2.45, 2.75) is 6.92 Å². The smallest absolute Gasteiger partial charge is 0.164 e. The van der Waals surface area contributed by atoms with Crippen molar-refractivity contribution in [2.75, 3.05) is 0 Å². The summed E-state index contributed by atoms with van der Waals surface area (Å²) in [6, 6.07) is 47.9. The van der Waals surface area contributed by atoms with Crippen LogP contribution in [0.15, 0.2) is 144 Å². The second-order valence-corrected chi connectivity index (χ2v) is 11.4. The van der Waals surface area contributed by atoms with E-state index in [1.807, 2.05) is 66.7 Å². The zero-order valence-electron chi connectivity index (χ0n) is 24.5. The van der Waals surface area contributed by atoms with Gasteiger partial charge < -0.3 is 8.98 Å². The third kappa shape index (κ3) is 4.13. The molecule has 0 aliphatic rings. The number of aryl methyl sites for hydroxylation is 1. The molecule has 212 valence electrons. The van der Waals surface area contributed by atoms with Crippen molar-refractivity contribution >= 4 is 43.7 Å². The fourth-order valence-electron chi connectivity index (χ4n) is 6.50. The van der Waals surface area contributed by atoms with Crippen LogP contribution in [-0.2, 0) is 0 Å². The number of furan rings is 1. The summed E-state index contributed by atoms with van der Waals surface area (Å²) in [5.41, 5.74) is 8.95. The molecule has 0 atom stereocenters. The van der Waals surface area contributed by atoms with E-state index in [1.165, 1.54) is 16.3 Å². The maximum atomic E-state index is 6.64. The molecule has 0 spiro atoms. The van der Waals surface area contributed by atoms with Crippen molar-refractivity contribution in [3.8, 4) is 39.9 Å². The molecule has 0 saturated carbocycles. The number of aromatic nitrogens is 4. The molecule has 0 bridgehead atoms. The number of fused-ring (bicyclic) bond motifs is 6. The minimum absolute atomic E-state index is 0.611. The monoisotopic (exact) mass is 578 g/mol. The Hall–Kier alpha value is -6.07. The lowest BCUT2D eigenvalue weighted by atomic mass is 10.0. The summed E-state index contributed by atoms with van der Waals surface area (Å²) in [6.07, 6.45) is 0.